The fraction of sp³-hybridized carbons (Fsp3) is 0.700. The Bertz CT molecular complexity index is 190. The van der Waals surface area contributed by atoms with Gasteiger partial charge >= 0.3 is 0 Å². The highest BCUT2D eigenvalue weighted by molar-refractivity contribution is 8.01. The Kier molecular flexibility index (Phi) is 3.39. The molecule has 0 N–H and O–H groups in total. The number of carbonyl (C=O) groups excluding carboxylic acids is 1. The highest BCUT2D eigenvalue weighted by Crippen LogP contribution is 2.39. The van der Waals surface area contributed by atoms with Gasteiger partial charge in [0.25, 0.3) is 0 Å². The molecule has 1 atom stereocenters. The van der Waals surface area contributed by atoms with Gasteiger partial charge < -0.3 is 0 Å². The molecule has 1 nitrogen and oxygen atoms in total. The van der Waals surface area contributed by atoms with E-state index in [-0.39, 0.29) is 4.75 Å². The average molecular weight is 184 g/mol. The first-order valence-corrected chi connectivity index (χ1v) is 5.49. The molecule has 0 radical (unpaired) electrons. The molecular formula is C10H16OS. The molecule has 0 aromatic heterocycles. The molecule has 1 heterocycles. The van der Waals surface area contributed by atoms with E-state index < -0.39 is 0 Å². The van der Waals surface area contributed by atoms with E-state index in [0.717, 1.165) is 18.3 Å². The first-order chi connectivity index (χ1) is 5.70. The van der Waals surface area contributed by atoms with Gasteiger partial charge in [-0.05, 0) is 37.5 Å². The molecule has 12 heavy (non-hydrogen) atoms. The number of allylic oxidation sites excluding steroid dienone is 1. The third-order valence-electron chi connectivity index (χ3n) is 2.30. The summed E-state index contributed by atoms with van der Waals surface area (Å²) in [4.78, 5) is 10.6. The number of carbonyl (C=O) groups is 1. The normalized spacial score (nSPS) is 30.7. The molecule has 0 aromatic carbocycles. The predicted octanol–water partition coefficient (Wildman–Crippen LogP) is 2.81. The molecule has 0 aromatic rings. The minimum atomic E-state index is 0.242. The van der Waals surface area contributed by atoms with Crippen molar-refractivity contribution in [3.05, 3.63) is 11.6 Å². The summed E-state index contributed by atoms with van der Waals surface area (Å²) in [5.74, 6) is 1.24. The number of rotatable bonds is 3. The maximum Gasteiger partial charge on any atom is 0.145 e. The van der Waals surface area contributed by atoms with Crippen LogP contribution in [0.25, 0.3) is 0 Å². The molecule has 1 aliphatic heterocycles. The van der Waals surface area contributed by atoms with Crippen LogP contribution in [0.2, 0.25) is 0 Å². The second kappa shape index (κ2) is 4.13. The topological polar surface area (TPSA) is 17.1 Å². The lowest BCUT2D eigenvalue weighted by molar-refractivity contribution is -0.105. The zero-order chi connectivity index (χ0) is 9.03. The molecule has 1 aliphatic rings. The van der Waals surface area contributed by atoms with Crippen molar-refractivity contribution in [1.29, 1.82) is 0 Å². The first-order valence-electron chi connectivity index (χ1n) is 4.51. The van der Waals surface area contributed by atoms with Gasteiger partial charge in [-0.25, -0.2) is 0 Å². The van der Waals surface area contributed by atoms with Crippen molar-refractivity contribution in [1.82, 2.24) is 0 Å². The third kappa shape index (κ3) is 2.37. The van der Waals surface area contributed by atoms with Crippen LogP contribution in [-0.4, -0.2) is 16.8 Å². The first kappa shape index (κ1) is 9.85. The maximum atomic E-state index is 10.6. The summed E-state index contributed by atoms with van der Waals surface area (Å²) in [6, 6.07) is 0. The number of thioether (sulfide) groups is 1. The van der Waals surface area contributed by atoms with Gasteiger partial charge in [0.15, 0.2) is 0 Å². The molecule has 0 saturated carbocycles. The van der Waals surface area contributed by atoms with Crippen LogP contribution in [0.5, 0.6) is 0 Å². The zero-order valence-corrected chi connectivity index (χ0v) is 8.62. The highest BCUT2D eigenvalue weighted by Gasteiger charge is 2.27. The van der Waals surface area contributed by atoms with Gasteiger partial charge in [-0.1, -0.05) is 13.0 Å². The summed E-state index contributed by atoms with van der Waals surface area (Å²) in [5.41, 5.74) is 0.951. The fourth-order valence-corrected chi connectivity index (χ4v) is 2.80. The van der Waals surface area contributed by atoms with Crippen LogP contribution in [0.15, 0.2) is 11.6 Å². The van der Waals surface area contributed by atoms with Crippen LogP contribution >= 0.6 is 11.8 Å². The summed E-state index contributed by atoms with van der Waals surface area (Å²) in [7, 11) is 0. The molecule has 1 unspecified atom stereocenters. The highest BCUT2D eigenvalue weighted by atomic mass is 32.2. The second-order valence-electron chi connectivity index (χ2n) is 3.46. The predicted molar refractivity (Wildman–Crippen MR) is 54.5 cm³/mol. The van der Waals surface area contributed by atoms with Crippen LogP contribution in [-0.2, 0) is 4.79 Å². The van der Waals surface area contributed by atoms with Crippen molar-refractivity contribution in [2.45, 2.75) is 37.9 Å². The van der Waals surface area contributed by atoms with Crippen LogP contribution in [0.4, 0.5) is 0 Å². The van der Waals surface area contributed by atoms with E-state index in [1.807, 2.05) is 18.7 Å². The van der Waals surface area contributed by atoms with Crippen LogP contribution < -0.4 is 0 Å². The van der Waals surface area contributed by atoms with Gasteiger partial charge in [-0.3, -0.25) is 4.79 Å². The maximum absolute atomic E-state index is 10.6. The molecule has 68 valence electrons. The Hall–Kier alpha value is -0.240. The quantitative estimate of drug-likeness (QED) is 0.495. The summed E-state index contributed by atoms with van der Waals surface area (Å²) in [6.45, 7) is 4.26. The van der Waals surface area contributed by atoms with Crippen molar-refractivity contribution in [3.8, 4) is 0 Å². The van der Waals surface area contributed by atoms with Gasteiger partial charge in [-0.15, -0.1) is 0 Å². The van der Waals surface area contributed by atoms with Crippen molar-refractivity contribution >= 4 is 18.0 Å². The molecule has 0 spiro atoms. The van der Waals surface area contributed by atoms with Crippen LogP contribution in [0.3, 0.4) is 0 Å². The van der Waals surface area contributed by atoms with Crippen LogP contribution in [0, 0.1) is 0 Å². The van der Waals surface area contributed by atoms with E-state index in [0.29, 0.717) is 0 Å². The van der Waals surface area contributed by atoms with Crippen molar-refractivity contribution < 1.29 is 4.79 Å². The SMILES string of the molecule is CC/C(C=O)=C/C1(C)CCCS1. The molecule has 1 fully saturated rings. The monoisotopic (exact) mass is 184 g/mol. The Morgan fingerprint density at radius 2 is 2.42 bits per heavy atom. The number of hydrogen-bond acceptors (Lipinski definition) is 2. The van der Waals surface area contributed by atoms with E-state index in [2.05, 4.69) is 13.0 Å². The lowest BCUT2D eigenvalue weighted by Crippen LogP contribution is -2.12. The number of hydrogen-bond donors (Lipinski definition) is 0. The summed E-state index contributed by atoms with van der Waals surface area (Å²) in [5, 5.41) is 0. The van der Waals surface area contributed by atoms with E-state index in [9.17, 15) is 4.79 Å². The molecule has 0 bridgehead atoms. The van der Waals surface area contributed by atoms with Crippen molar-refractivity contribution in [3.63, 3.8) is 0 Å². The van der Waals surface area contributed by atoms with Gasteiger partial charge in [0.05, 0.1) is 0 Å². The van der Waals surface area contributed by atoms with E-state index in [1.54, 1.807) is 0 Å². The molecule has 1 rings (SSSR count). The van der Waals surface area contributed by atoms with E-state index in [4.69, 9.17) is 0 Å². The molecular weight excluding hydrogens is 168 g/mol. The minimum Gasteiger partial charge on any atom is -0.298 e. The minimum absolute atomic E-state index is 0.242. The Morgan fingerprint density at radius 1 is 1.67 bits per heavy atom. The zero-order valence-electron chi connectivity index (χ0n) is 7.80. The van der Waals surface area contributed by atoms with Crippen molar-refractivity contribution in [2.75, 3.05) is 5.75 Å². The largest absolute Gasteiger partial charge is 0.298 e. The third-order valence-corrected chi connectivity index (χ3v) is 3.77. The molecule has 2 heteroatoms. The Morgan fingerprint density at radius 3 is 2.83 bits per heavy atom. The standard InChI is InChI=1S/C10H16OS/c1-3-9(8-11)7-10(2)5-4-6-12-10/h7-8H,3-6H2,1-2H3/b9-7-. The van der Waals surface area contributed by atoms with Crippen molar-refractivity contribution in [2.24, 2.45) is 0 Å². The summed E-state index contributed by atoms with van der Waals surface area (Å²) >= 11 is 1.97. The lowest BCUT2D eigenvalue weighted by Gasteiger charge is -2.18. The summed E-state index contributed by atoms with van der Waals surface area (Å²) < 4.78 is 0.242. The Balaban J connectivity index is 2.68. The molecule has 0 aliphatic carbocycles. The van der Waals surface area contributed by atoms with Gasteiger partial charge in [0.1, 0.15) is 6.29 Å². The fourth-order valence-electron chi connectivity index (χ4n) is 1.53. The van der Waals surface area contributed by atoms with Gasteiger partial charge in [0.2, 0.25) is 0 Å². The summed E-state index contributed by atoms with van der Waals surface area (Å²) in [6.07, 6.45) is 6.50. The lowest BCUT2D eigenvalue weighted by atomic mass is 10.0. The number of aldehydes is 1. The van der Waals surface area contributed by atoms with E-state index >= 15 is 0 Å². The van der Waals surface area contributed by atoms with E-state index in [1.165, 1.54) is 18.6 Å². The molecule has 1 saturated heterocycles. The smallest absolute Gasteiger partial charge is 0.145 e. The Labute approximate surface area is 78.6 Å². The van der Waals surface area contributed by atoms with Gasteiger partial charge in [0, 0.05) is 4.75 Å². The second-order valence-corrected chi connectivity index (χ2v) is 5.08. The average Bonchev–Trinajstić information content (AvgIpc) is 2.48. The van der Waals surface area contributed by atoms with Gasteiger partial charge in [-0.2, -0.15) is 11.8 Å². The van der Waals surface area contributed by atoms with Crippen LogP contribution in [0.1, 0.15) is 33.1 Å². The molecule has 0 amide bonds.